The summed E-state index contributed by atoms with van der Waals surface area (Å²) in [6.07, 6.45) is 0. The number of carbonyl (C=O) groups is 2. The van der Waals surface area contributed by atoms with Gasteiger partial charge in [0.05, 0.1) is 21.2 Å². The number of rotatable bonds is 9. The van der Waals surface area contributed by atoms with Gasteiger partial charge in [0.25, 0.3) is 21.6 Å². The summed E-state index contributed by atoms with van der Waals surface area (Å²) in [5, 5.41) is 17.7. The highest BCUT2D eigenvalue weighted by Gasteiger charge is 2.27. The summed E-state index contributed by atoms with van der Waals surface area (Å²) in [4.78, 5) is 34.4. The first kappa shape index (κ1) is 26.0. The summed E-state index contributed by atoms with van der Waals surface area (Å²) in [7, 11) is -4.18. The molecule has 0 bridgehead atoms. The number of hydrogen-bond donors (Lipinski definition) is 2. The maximum atomic E-state index is 13.3. The number of sulfonamides is 1. The standard InChI is InChI=1S/C24H23N5O6S/c1-17(19-7-6-8-20(15-19)25-18(2)30)26-27-24(31)16-28(21-11-13-22(14-12-21)29(32)33)36(34,35)23-9-4-3-5-10-23/h3-15H,16H2,1-2H3,(H,25,30)(H,27,31)/b26-17-. The minimum Gasteiger partial charge on any atom is -0.326 e. The number of anilines is 2. The Bertz CT molecular complexity index is 1410. The largest absolute Gasteiger partial charge is 0.326 e. The van der Waals surface area contributed by atoms with Crippen LogP contribution in [0.1, 0.15) is 19.4 Å². The zero-order valence-corrected chi connectivity index (χ0v) is 20.2. The smallest absolute Gasteiger partial charge is 0.269 e. The van der Waals surface area contributed by atoms with Crippen molar-refractivity contribution in [2.75, 3.05) is 16.2 Å². The average molecular weight is 510 g/mol. The van der Waals surface area contributed by atoms with Crippen molar-refractivity contribution in [2.24, 2.45) is 5.10 Å². The molecule has 2 N–H and O–H groups in total. The Morgan fingerprint density at radius 2 is 1.64 bits per heavy atom. The van der Waals surface area contributed by atoms with E-state index in [1.807, 2.05) is 0 Å². The molecule has 0 spiro atoms. The number of non-ortho nitro benzene ring substituents is 1. The Morgan fingerprint density at radius 3 is 2.25 bits per heavy atom. The lowest BCUT2D eigenvalue weighted by atomic mass is 10.1. The Morgan fingerprint density at radius 1 is 0.972 bits per heavy atom. The monoisotopic (exact) mass is 509 g/mol. The van der Waals surface area contributed by atoms with Crippen molar-refractivity contribution in [3.05, 3.63) is 94.5 Å². The van der Waals surface area contributed by atoms with Crippen LogP contribution in [0.25, 0.3) is 0 Å². The van der Waals surface area contributed by atoms with Crippen molar-refractivity contribution in [1.29, 1.82) is 0 Å². The second kappa shape index (κ2) is 11.2. The topological polar surface area (TPSA) is 151 Å². The molecule has 0 aliphatic rings. The van der Waals surface area contributed by atoms with Gasteiger partial charge in [0.15, 0.2) is 0 Å². The van der Waals surface area contributed by atoms with Crippen LogP contribution >= 0.6 is 0 Å². The molecular formula is C24H23N5O6S. The minimum absolute atomic E-state index is 0.0504. The molecule has 36 heavy (non-hydrogen) atoms. The first-order chi connectivity index (χ1) is 17.1. The van der Waals surface area contributed by atoms with Gasteiger partial charge in [-0.1, -0.05) is 30.3 Å². The minimum atomic E-state index is -4.18. The lowest BCUT2D eigenvalue weighted by Gasteiger charge is -2.23. The number of carbonyl (C=O) groups excluding carboxylic acids is 2. The number of benzene rings is 3. The summed E-state index contributed by atoms with van der Waals surface area (Å²) in [6, 6.07) is 19.2. The fourth-order valence-corrected chi connectivity index (χ4v) is 4.62. The van der Waals surface area contributed by atoms with Crippen LogP contribution in [0.3, 0.4) is 0 Å². The van der Waals surface area contributed by atoms with Gasteiger partial charge in [-0.2, -0.15) is 5.10 Å². The molecule has 2 amide bonds. The molecule has 0 heterocycles. The van der Waals surface area contributed by atoms with Gasteiger partial charge in [0.2, 0.25) is 5.91 Å². The van der Waals surface area contributed by atoms with Gasteiger partial charge < -0.3 is 5.32 Å². The Balaban J connectivity index is 1.85. The molecule has 0 aliphatic carbocycles. The SMILES string of the molecule is CC(=O)Nc1cccc(/C(C)=N\NC(=O)CN(c2ccc([N+](=O)[O-])cc2)S(=O)(=O)c2ccccc2)c1. The van der Waals surface area contributed by atoms with Crippen LogP contribution in [0.5, 0.6) is 0 Å². The van der Waals surface area contributed by atoms with Gasteiger partial charge in [0, 0.05) is 24.7 Å². The molecule has 0 unspecified atom stereocenters. The van der Waals surface area contributed by atoms with E-state index in [0.717, 1.165) is 16.4 Å². The van der Waals surface area contributed by atoms with Gasteiger partial charge in [0.1, 0.15) is 6.54 Å². The van der Waals surface area contributed by atoms with Gasteiger partial charge in [-0.05, 0) is 48.9 Å². The van der Waals surface area contributed by atoms with Crippen LogP contribution < -0.4 is 15.0 Å². The summed E-state index contributed by atoms with van der Waals surface area (Å²) in [6.45, 7) is 2.40. The van der Waals surface area contributed by atoms with Gasteiger partial charge >= 0.3 is 0 Å². The molecule has 3 aromatic rings. The molecule has 0 radical (unpaired) electrons. The zero-order chi connectivity index (χ0) is 26.3. The quantitative estimate of drug-likeness (QED) is 0.257. The normalized spacial score (nSPS) is 11.4. The molecule has 11 nitrogen and oxygen atoms in total. The van der Waals surface area contributed by atoms with Crippen molar-refractivity contribution < 1.29 is 22.9 Å². The molecule has 0 saturated carbocycles. The molecule has 3 aromatic carbocycles. The fraction of sp³-hybridized carbons (Fsp3) is 0.125. The number of nitrogens with one attached hydrogen (secondary N) is 2. The predicted molar refractivity (Wildman–Crippen MR) is 135 cm³/mol. The van der Waals surface area contributed by atoms with Crippen molar-refractivity contribution >= 4 is 44.6 Å². The van der Waals surface area contributed by atoms with Crippen molar-refractivity contribution in [3.8, 4) is 0 Å². The van der Waals surface area contributed by atoms with Crippen LogP contribution in [0.4, 0.5) is 17.1 Å². The van der Waals surface area contributed by atoms with Crippen LogP contribution in [-0.4, -0.2) is 37.4 Å². The molecule has 0 aromatic heterocycles. The number of amides is 2. The number of hydrogen-bond acceptors (Lipinski definition) is 7. The third-order valence-corrected chi connectivity index (χ3v) is 6.70. The molecule has 0 aliphatic heterocycles. The summed E-state index contributed by atoms with van der Waals surface area (Å²) >= 11 is 0. The molecule has 3 rings (SSSR count). The second-order valence-corrected chi connectivity index (χ2v) is 9.45. The highest BCUT2D eigenvalue weighted by Crippen LogP contribution is 2.25. The third kappa shape index (κ3) is 6.51. The molecule has 186 valence electrons. The number of hydrazone groups is 1. The van der Waals surface area contributed by atoms with Gasteiger partial charge in [-0.25, -0.2) is 13.8 Å². The summed E-state index contributed by atoms with van der Waals surface area (Å²) in [5.41, 5.74) is 3.80. The third-order valence-electron chi connectivity index (χ3n) is 4.92. The van der Waals surface area contributed by atoms with Crippen molar-refractivity contribution in [2.45, 2.75) is 18.7 Å². The first-order valence-electron chi connectivity index (χ1n) is 10.6. The molecule has 12 heteroatoms. The van der Waals surface area contributed by atoms with Gasteiger partial charge in [-0.3, -0.25) is 24.0 Å². The molecule has 0 fully saturated rings. The predicted octanol–water partition coefficient (Wildman–Crippen LogP) is 3.29. The summed E-state index contributed by atoms with van der Waals surface area (Å²) in [5.74, 6) is -0.966. The van der Waals surface area contributed by atoms with Crippen LogP contribution in [0.2, 0.25) is 0 Å². The Kier molecular flexibility index (Phi) is 8.12. The van der Waals surface area contributed by atoms with E-state index >= 15 is 0 Å². The van der Waals surface area contributed by atoms with E-state index < -0.39 is 27.4 Å². The first-order valence-corrected chi connectivity index (χ1v) is 12.1. The van der Waals surface area contributed by atoms with Crippen molar-refractivity contribution in [3.63, 3.8) is 0 Å². The van der Waals surface area contributed by atoms with E-state index in [2.05, 4.69) is 15.8 Å². The fourth-order valence-electron chi connectivity index (χ4n) is 3.18. The lowest BCUT2D eigenvalue weighted by molar-refractivity contribution is -0.384. The van der Waals surface area contributed by atoms with Crippen molar-refractivity contribution in [1.82, 2.24) is 5.43 Å². The van der Waals surface area contributed by atoms with Crippen LogP contribution in [0, 0.1) is 10.1 Å². The van der Waals surface area contributed by atoms with E-state index in [9.17, 15) is 28.1 Å². The second-order valence-electron chi connectivity index (χ2n) is 7.59. The number of nitro groups is 1. The molecule has 0 atom stereocenters. The van der Waals surface area contributed by atoms with Crippen LogP contribution in [0.15, 0.2) is 88.9 Å². The Hall–Kier alpha value is -4.58. The maximum absolute atomic E-state index is 13.3. The number of nitro benzene ring substituents is 1. The highest BCUT2D eigenvalue weighted by molar-refractivity contribution is 7.92. The van der Waals surface area contributed by atoms with E-state index in [1.165, 1.54) is 31.2 Å². The average Bonchev–Trinajstić information content (AvgIpc) is 2.86. The number of nitrogens with zero attached hydrogens (tertiary/aromatic N) is 3. The zero-order valence-electron chi connectivity index (χ0n) is 19.4. The molecule has 0 saturated heterocycles. The van der Waals surface area contributed by atoms with E-state index in [0.29, 0.717) is 17.0 Å². The molecular weight excluding hydrogens is 486 g/mol. The lowest BCUT2D eigenvalue weighted by Crippen LogP contribution is -2.39. The highest BCUT2D eigenvalue weighted by atomic mass is 32.2. The maximum Gasteiger partial charge on any atom is 0.269 e. The Labute approximate surface area is 207 Å². The van der Waals surface area contributed by atoms with E-state index in [1.54, 1.807) is 49.4 Å². The summed E-state index contributed by atoms with van der Waals surface area (Å²) < 4.78 is 27.5. The van der Waals surface area contributed by atoms with Crippen LogP contribution in [-0.2, 0) is 19.6 Å². The van der Waals surface area contributed by atoms with Gasteiger partial charge in [-0.15, -0.1) is 0 Å². The van der Waals surface area contributed by atoms with E-state index in [-0.39, 0.29) is 22.2 Å². The van der Waals surface area contributed by atoms with E-state index in [4.69, 9.17) is 0 Å².